The molecule has 0 saturated heterocycles. The average Bonchev–Trinajstić information content (AvgIpc) is 3.36. The quantitative estimate of drug-likeness (QED) is 0.0195. The van der Waals surface area contributed by atoms with E-state index in [0.717, 1.165) is 122 Å². The van der Waals surface area contributed by atoms with E-state index in [1.54, 1.807) is 0 Å². The van der Waals surface area contributed by atoms with Gasteiger partial charge in [-0.3, -0.25) is 9.59 Å². The number of unbranched alkanes of at least 4 members (excludes halogenated alkanes) is 13. The number of likely N-dealkylation sites (N-methyl/N-ethyl adjacent to an activating group) is 1. The molecule has 412 valence electrons. The van der Waals surface area contributed by atoms with Crippen LogP contribution in [0.2, 0.25) is 0 Å². The number of carboxylic acids is 1. The summed E-state index contributed by atoms with van der Waals surface area (Å²) in [5.41, 5.74) is 0. The first-order valence-corrected chi connectivity index (χ1v) is 28.3. The highest BCUT2D eigenvalue weighted by Gasteiger charge is 2.22. The Morgan fingerprint density at radius 3 is 1.16 bits per heavy atom. The maximum Gasteiger partial charge on any atom is 0.306 e. The zero-order valence-corrected chi connectivity index (χ0v) is 46.7. The lowest BCUT2D eigenvalue weighted by Crippen LogP contribution is -2.44. The van der Waals surface area contributed by atoms with Crippen molar-refractivity contribution in [3.63, 3.8) is 0 Å². The molecule has 0 aromatic rings. The minimum Gasteiger partial charge on any atom is -0.545 e. The second-order valence-electron chi connectivity index (χ2n) is 19.5. The molecule has 0 radical (unpaired) electrons. The van der Waals surface area contributed by atoms with Crippen LogP contribution in [0.25, 0.3) is 0 Å². The molecule has 0 bridgehead atoms. The molecule has 9 nitrogen and oxygen atoms in total. The van der Waals surface area contributed by atoms with Gasteiger partial charge in [-0.25, -0.2) is 0 Å². The number of allylic oxidation sites excluding steroid dienone is 22. The third kappa shape index (κ3) is 55.0. The normalized spacial score (nSPS) is 13.8. The third-order valence-corrected chi connectivity index (χ3v) is 11.4. The van der Waals surface area contributed by atoms with Gasteiger partial charge in [-0.05, 0) is 96.3 Å². The molecule has 0 saturated carbocycles. The van der Waals surface area contributed by atoms with E-state index in [0.29, 0.717) is 17.4 Å². The Labute approximate surface area is 446 Å². The van der Waals surface area contributed by atoms with Crippen LogP contribution in [0.5, 0.6) is 0 Å². The molecule has 9 heteroatoms. The molecule has 0 amide bonds. The number of nitrogens with zero attached hydrogens (tertiary/aromatic N) is 1. The summed E-state index contributed by atoms with van der Waals surface area (Å²) in [4.78, 5) is 36.9. The summed E-state index contributed by atoms with van der Waals surface area (Å²) in [6.45, 7) is 4.53. The van der Waals surface area contributed by atoms with Gasteiger partial charge < -0.3 is 33.3 Å². The Morgan fingerprint density at radius 2 is 0.781 bits per heavy atom. The maximum atomic E-state index is 12.8. The van der Waals surface area contributed by atoms with Gasteiger partial charge in [-0.1, -0.05) is 218 Å². The van der Waals surface area contributed by atoms with Crippen LogP contribution in [-0.4, -0.2) is 82.3 Å². The second kappa shape index (κ2) is 53.7. The van der Waals surface area contributed by atoms with Crippen molar-refractivity contribution in [1.82, 2.24) is 0 Å². The molecule has 0 aliphatic carbocycles. The van der Waals surface area contributed by atoms with Crippen molar-refractivity contribution < 1.29 is 42.9 Å². The van der Waals surface area contributed by atoms with Crippen molar-refractivity contribution in [2.45, 2.75) is 206 Å². The number of quaternary nitrogens is 1. The summed E-state index contributed by atoms with van der Waals surface area (Å²) in [6, 6.07) is 0. The molecule has 2 unspecified atom stereocenters. The lowest BCUT2D eigenvalue weighted by molar-refractivity contribution is -0.870. The summed E-state index contributed by atoms with van der Waals surface area (Å²) in [5, 5.41) is 11.7. The second-order valence-corrected chi connectivity index (χ2v) is 19.5. The van der Waals surface area contributed by atoms with Crippen molar-refractivity contribution in [1.29, 1.82) is 0 Å². The first-order chi connectivity index (χ1) is 35.6. The van der Waals surface area contributed by atoms with Crippen LogP contribution in [0, 0.1) is 0 Å². The first kappa shape index (κ1) is 68.4. The van der Waals surface area contributed by atoms with Gasteiger partial charge in [0.25, 0.3) is 0 Å². The number of hydrogen-bond acceptors (Lipinski definition) is 8. The Kier molecular flexibility index (Phi) is 50.4. The fourth-order valence-electron chi connectivity index (χ4n) is 7.07. The number of esters is 2. The number of carbonyl (C=O) groups excluding carboxylic acids is 3. The maximum absolute atomic E-state index is 12.8. The van der Waals surface area contributed by atoms with Crippen LogP contribution in [-0.2, 0) is 33.3 Å². The zero-order valence-electron chi connectivity index (χ0n) is 46.7. The first-order valence-electron chi connectivity index (χ1n) is 28.3. The minimum atomic E-state index is -1.63. The van der Waals surface area contributed by atoms with Gasteiger partial charge in [0.15, 0.2) is 12.4 Å². The predicted molar refractivity (Wildman–Crippen MR) is 306 cm³/mol. The lowest BCUT2D eigenvalue weighted by atomic mass is 10.1. The van der Waals surface area contributed by atoms with Crippen LogP contribution < -0.4 is 5.11 Å². The number of hydrogen-bond donors (Lipinski definition) is 0. The highest BCUT2D eigenvalue weighted by Crippen LogP contribution is 2.13. The number of rotatable bonds is 50. The lowest BCUT2D eigenvalue weighted by Gasteiger charge is -2.26. The summed E-state index contributed by atoms with van der Waals surface area (Å²) in [7, 11) is 5.89. The van der Waals surface area contributed by atoms with E-state index >= 15 is 0 Å². The van der Waals surface area contributed by atoms with Crippen LogP contribution >= 0.6 is 0 Å². The molecule has 2 atom stereocenters. The van der Waals surface area contributed by atoms with E-state index in [1.807, 2.05) is 21.1 Å². The number of carboxylic acid groups (broad SMARTS) is 1. The summed E-state index contributed by atoms with van der Waals surface area (Å²) in [5.74, 6) is -2.32. The summed E-state index contributed by atoms with van der Waals surface area (Å²) >= 11 is 0. The van der Waals surface area contributed by atoms with Crippen molar-refractivity contribution in [2.24, 2.45) is 0 Å². The molecule has 0 aliphatic heterocycles. The Bertz CT molecular complexity index is 1650. The van der Waals surface area contributed by atoms with E-state index in [1.165, 1.54) is 38.5 Å². The number of ether oxygens (including phenoxy) is 4. The van der Waals surface area contributed by atoms with Crippen molar-refractivity contribution in [3.8, 4) is 0 Å². The fraction of sp³-hybridized carbons (Fsp3) is 0.609. The standard InChI is InChI=1S/C64H103NO8/c1-6-8-10-12-14-15-16-17-18-19-20-21-22-23-24-25-26-27-28-29-30-31-32-33-34-35-36-37-38-39-40-41-42-43-44-45-46-47-49-51-53-55-62(67)73-60(58-71-61(66)54-52-50-48-13-11-9-7-2)59-72-64(63(68)69)70-57-56-65(3,4)5/h8,10,14-15,17-18,20-21,23-24,26-27,29-30,32-33,35-36,38-39,41-42,60,64H,6-7,9,11-13,16,19,22,25,28,31,34,37,40,43-59H2,1-5H3/b10-8-,15-14-,18-17-,21-20-,24-23-,27-26-,30-29-,33-32-,36-35-,39-38-,42-41-. The van der Waals surface area contributed by atoms with Crippen molar-refractivity contribution >= 4 is 17.9 Å². The molecule has 0 fully saturated rings. The van der Waals surface area contributed by atoms with Gasteiger partial charge in [0, 0.05) is 12.8 Å². The van der Waals surface area contributed by atoms with Gasteiger partial charge in [0.05, 0.1) is 40.3 Å². The van der Waals surface area contributed by atoms with Gasteiger partial charge in [-0.2, -0.15) is 0 Å². The van der Waals surface area contributed by atoms with Crippen LogP contribution in [0.3, 0.4) is 0 Å². The minimum absolute atomic E-state index is 0.140. The predicted octanol–water partition coefficient (Wildman–Crippen LogP) is 15.3. The Balaban J connectivity index is 4.09. The molecule has 0 spiro atoms. The van der Waals surface area contributed by atoms with Gasteiger partial charge in [0.1, 0.15) is 13.2 Å². The van der Waals surface area contributed by atoms with Crippen molar-refractivity contribution in [3.05, 3.63) is 134 Å². The smallest absolute Gasteiger partial charge is 0.306 e. The number of aliphatic carboxylic acids is 1. The Hall–Kier alpha value is -4.57. The largest absolute Gasteiger partial charge is 0.545 e. The van der Waals surface area contributed by atoms with Crippen LogP contribution in [0.15, 0.2) is 134 Å². The average molecular weight is 1010 g/mol. The van der Waals surface area contributed by atoms with Gasteiger partial charge >= 0.3 is 11.9 Å². The molecule has 0 aromatic carbocycles. The Morgan fingerprint density at radius 1 is 0.425 bits per heavy atom. The van der Waals surface area contributed by atoms with E-state index in [-0.39, 0.29) is 38.6 Å². The van der Waals surface area contributed by atoms with Gasteiger partial charge in [0.2, 0.25) is 0 Å². The SMILES string of the molecule is CC/C=C\C/C=C\C/C=C\C/C=C\C/C=C\C/C=C\C/C=C\C/C=C\C/C=C\C/C=C\C/C=C\CCCCCCCCCC(=O)OC(COC(=O)CCCCCCCCC)COC(OCC[N+](C)(C)C)C(=O)[O-]. The molecule has 0 rings (SSSR count). The molecular formula is C64H103NO8. The van der Waals surface area contributed by atoms with Crippen LogP contribution in [0.4, 0.5) is 0 Å². The monoisotopic (exact) mass is 1010 g/mol. The van der Waals surface area contributed by atoms with E-state index in [2.05, 4.69) is 148 Å². The third-order valence-electron chi connectivity index (χ3n) is 11.4. The van der Waals surface area contributed by atoms with E-state index in [4.69, 9.17) is 18.9 Å². The topological polar surface area (TPSA) is 111 Å². The fourth-order valence-corrected chi connectivity index (χ4v) is 7.07. The van der Waals surface area contributed by atoms with Crippen LogP contribution in [0.1, 0.15) is 194 Å². The number of carbonyl (C=O) groups is 3. The zero-order chi connectivity index (χ0) is 53.4. The molecule has 73 heavy (non-hydrogen) atoms. The van der Waals surface area contributed by atoms with Gasteiger partial charge in [-0.15, -0.1) is 0 Å². The molecule has 0 heterocycles. The molecule has 0 aromatic heterocycles. The van der Waals surface area contributed by atoms with Crippen molar-refractivity contribution in [2.75, 3.05) is 47.5 Å². The highest BCUT2D eigenvalue weighted by molar-refractivity contribution is 5.70. The molecule has 0 N–H and O–H groups in total. The highest BCUT2D eigenvalue weighted by atomic mass is 16.7. The summed E-state index contributed by atoms with van der Waals surface area (Å²) < 4.78 is 22.5. The van der Waals surface area contributed by atoms with E-state index in [9.17, 15) is 19.5 Å². The van der Waals surface area contributed by atoms with E-state index < -0.39 is 24.3 Å². The molecular weight excluding hydrogens is 911 g/mol. The summed E-state index contributed by atoms with van der Waals surface area (Å²) in [6.07, 6.45) is 74.0. The molecule has 0 aliphatic rings.